The summed E-state index contributed by atoms with van der Waals surface area (Å²) in [5, 5.41) is 18.4. The molecule has 0 aliphatic carbocycles. The standard InChI is InChI=1S/C29H28Cl2F2N4O3S/c1-15(2)9-23-29(13-34,19-8-7-16(30)10-21(19)32)24(18-5-4-6-20(31)25(18)33)26(37-23)27(38)36-22(28(39)40-3)11-17-12-41-14-35-17/h4-8,10,12,14-15,22-24,26,37H,9,11H2,1-3H3,(H,36,38). The lowest BCUT2D eigenvalue weighted by atomic mass is 9.63. The summed E-state index contributed by atoms with van der Waals surface area (Å²) >= 11 is 13.5. The molecule has 1 saturated heterocycles. The lowest BCUT2D eigenvalue weighted by molar-refractivity contribution is -0.145. The first-order chi connectivity index (χ1) is 19.5. The minimum absolute atomic E-state index is 0.00902. The number of aromatic nitrogens is 1. The second-order valence-electron chi connectivity index (χ2n) is 10.3. The Morgan fingerprint density at radius 2 is 2.02 bits per heavy atom. The van der Waals surface area contributed by atoms with Crippen LogP contribution in [0.1, 0.15) is 43.0 Å². The largest absolute Gasteiger partial charge is 0.467 e. The van der Waals surface area contributed by atoms with Crippen molar-refractivity contribution in [1.82, 2.24) is 15.6 Å². The van der Waals surface area contributed by atoms with Crippen LogP contribution in [0.15, 0.2) is 47.3 Å². The zero-order valence-electron chi connectivity index (χ0n) is 22.5. The number of rotatable bonds is 9. The number of nitriles is 1. The number of hydrogen-bond acceptors (Lipinski definition) is 7. The summed E-state index contributed by atoms with van der Waals surface area (Å²) in [6, 6.07) is 7.32. The highest BCUT2D eigenvalue weighted by molar-refractivity contribution is 7.07. The molecule has 0 bridgehead atoms. The van der Waals surface area contributed by atoms with E-state index in [0.29, 0.717) is 12.1 Å². The van der Waals surface area contributed by atoms with E-state index in [1.54, 1.807) is 10.9 Å². The Morgan fingerprint density at radius 1 is 1.27 bits per heavy atom. The number of thiazole rings is 1. The molecule has 0 saturated carbocycles. The van der Waals surface area contributed by atoms with Gasteiger partial charge in [0.1, 0.15) is 23.1 Å². The van der Waals surface area contributed by atoms with E-state index in [1.165, 1.54) is 48.8 Å². The number of benzene rings is 2. The van der Waals surface area contributed by atoms with Crippen LogP contribution >= 0.6 is 34.5 Å². The number of halogens is 4. The maximum absolute atomic E-state index is 15.7. The van der Waals surface area contributed by atoms with Gasteiger partial charge in [-0.2, -0.15) is 5.26 Å². The molecule has 12 heteroatoms. The summed E-state index contributed by atoms with van der Waals surface area (Å²) in [6.07, 6.45) is 0.396. The van der Waals surface area contributed by atoms with Crippen molar-refractivity contribution < 1.29 is 23.1 Å². The number of esters is 1. The van der Waals surface area contributed by atoms with Crippen LogP contribution in [0.2, 0.25) is 10.0 Å². The van der Waals surface area contributed by atoms with Crippen LogP contribution in [0, 0.1) is 28.9 Å². The molecule has 216 valence electrons. The number of hydrogen-bond donors (Lipinski definition) is 2. The van der Waals surface area contributed by atoms with E-state index >= 15 is 8.78 Å². The molecule has 4 rings (SSSR count). The fraction of sp³-hybridized carbons (Fsp3) is 0.379. The van der Waals surface area contributed by atoms with E-state index in [0.717, 1.165) is 6.07 Å². The monoisotopic (exact) mass is 620 g/mol. The van der Waals surface area contributed by atoms with Crippen molar-refractivity contribution in [2.75, 3.05) is 7.11 Å². The summed E-state index contributed by atoms with van der Waals surface area (Å²) in [5.74, 6) is -4.23. The van der Waals surface area contributed by atoms with Crippen LogP contribution in [-0.2, 0) is 26.2 Å². The van der Waals surface area contributed by atoms with Crippen LogP contribution in [0.25, 0.3) is 0 Å². The van der Waals surface area contributed by atoms with Crippen molar-refractivity contribution in [3.8, 4) is 6.07 Å². The maximum atomic E-state index is 15.7. The molecule has 1 fully saturated rings. The van der Waals surface area contributed by atoms with Gasteiger partial charge in [0.25, 0.3) is 0 Å². The van der Waals surface area contributed by atoms with Crippen molar-refractivity contribution in [1.29, 1.82) is 5.26 Å². The third-order valence-corrected chi connectivity index (χ3v) is 8.48. The van der Waals surface area contributed by atoms with Gasteiger partial charge in [0.05, 0.1) is 35.4 Å². The Kier molecular flexibility index (Phi) is 9.65. The molecule has 2 N–H and O–H groups in total. The smallest absolute Gasteiger partial charge is 0.328 e. The highest BCUT2D eigenvalue weighted by Gasteiger charge is 2.60. The molecule has 1 aromatic heterocycles. The van der Waals surface area contributed by atoms with Crippen LogP contribution in [0.3, 0.4) is 0 Å². The lowest BCUT2D eigenvalue weighted by Gasteiger charge is -2.36. The van der Waals surface area contributed by atoms with E-state index in [2.05, 4.69) is 21.7 Å². The molecule has 2 aromatic carbocycles. The van der Waals surface area contributed by atoms with Crippen molar-refractivity contribution in [3.63, 3.8) is 0 Å². The van der Waals surface area contributed by atoms with Gasteiger partial charge in [-0.1, -0.05) is 55.2 Å². The number of carbonyl (C=O) groups excluding carboxylic acids is 2. The zero-order chi connectivity index (χ0) is 29.9. The summed E-state index contributed by atoms with van der Waals surface area (Å²) in [7, 11) is 1.20. The van der Waals surface area contributed by atoms with Crippen molar-refractivity contribution in [2.24, 2.45) is 5.92 Å². The second kappa shape index (κ2) is 12.8. The minimum Gasteiger partial charge on any atom is -0.467 e. The predicted molar refractivity (Wildman–Crippen MR) is 153 cm³/mol. The Morgan fingerprint density at radius 3 is 2.63 bits per heavy atom. The van der Waals surface area contributed by atoms with Crippen molar-refractivity contribution in [2.45, 2.75) is 56.1 Å². The van der Waals surface area contributed by atoms with Crippen molar-refractivity contribution >= 4 is 46.4 Å². The molecule has 3 aromatic rings. The van der Waals surface area contributed by atoms with Crippen LogP contribution < -0.4 is 10.6 Å². The summed E-state index contributed by atoms with van der Waals surface area (Å²) < 4.78 is 36.3. The number of nitrogens with zero attached hydrogens (tertiary/aromatic N) is 2. The summed E-state index contributed by atoms with van der Waals surface area (Å²) in [4.78, 5) is 30.9. The average molecular weight is 622 g/mol. The van der Waals surface area contributed by atoms with E-state index < -0.39 is 53.0 Å². The number of nitrogens with one attached hydrogen (secondary N) is 2. The summed E-state index contributed by atoms with van der Waals surface area (Å²) in [6.45, 7) is 3.84. The van der Waals surface area contributed by atoms with Gasteiger partial charge in [0.15, 0.2) is 0 Å². The van der Waals surface area contributed by atoms with Gasteiger partial charge < -0.3 is 15.4 Å². The Labute approximate surface area is 250 Å². The first kappa shape index (κ1) is 30.8. The first-order valence-electron chi connectivity index (χ1n) is 12.8. The van der Waals surface area contributed by atoms with Crippen molar-refractivity contribution in [3.05, 3.63) is 85.8 Å². The molecule has 5 unspecified atom stereocenters. The normalized spacial score (nSPS) is 22.8. The topological polar surface area (TPSA) is 104 Å². The minimum atomic E-state index is -1.76. The molecule has 1 aliphatic rings. The molecule has 2 heterocycles. The van der Waals surface area contributed by atoms with Gasteiger partial charge >= 0.3 is 5.97 Å². The van der Waals surface area contributed by atoms with Gasteiger partial charge in [0, 0.05) is 34.3 Å². The number of amides is 1. The lowest BCUT2D eigenvalue weighted by Crippen LogP contribution is -2.51. The second-order valence-corrected chi connectivity index (χ2v) is 11.9. The Hall–Kier alpha value is -3.10. The van der Waals surface area contributed by atoms with Crippen LogP contribution in [0.5, 0.6) is 0 Å². The van der Waals surface area contributed by atoms with E-state index in [-0.39, 0.29) is 33.5 Å². The summed E-state index contributed by atoms with van der Waals surface area (Å²) in [5.41, 5.74) is 0.327. The third-order valence-electron chi connectivity index (χ3n) is 7.32. The number of ether oxygens (including phenoxy) is 1. The number of methoxy groups -OCH3 is 1. The maximum Gasteiger partial charge on any atom is 0.328 e. The fourth-order valence-electron chi connectivity index (χ4n) is 5.59. The predicted octanol–water partition coefficient (Wildman–Crippen LogP) is 5.56. The van der Waals surface area contributed by atoms with Gasteiger partial charge in [-0.25, -0.2) is 18.6 Å². The molecular weight excluding hydrogens is 593 g/mol. The van der Waals surface area contributed by atoms with Gasteiger partial charge in [0.2, 0.25) is 5.91 Å². The highest BCUT2D eigenvalue weighted by atomic mass is 35.5. The zero-order valence-corrected chi connectivity index (χ0v) is 24.8. The van der Waals surface area contributed by atoms with Gasteiger partial charge in [-0.3, -0.25) is 4.79 Å². The molecule has 5 atom stereocenters. The SMILES string of the molecule is COC(=O)C(Cc1cscn1)NC(=O)C1NC(CC(C)C)C(C#N)(c2ccc(Cl)cc2F)C1c1cccc(Cl)c1F. The molecule has 1 amide bonds. The molecule has 7 nitrogen and oxygen atoms in total. The van der Waals surface area contributed by atoms with Gasteiger partial charge in [-0.15, -0.1) is 11.3 Å². The molecule has 41 heavy (non-hydrogen) atoms. The molecular formula is C29H28Cl2F2N4O3S. The molecule has 0 radical (unpaired) electrons. The van der Waals surface area contributed by atoms with E-state index in [4.69, 9.17) is 27.9 Å². The first-order valence-corrected chi connectivity index (χ1v) is 14.5. The van der Waals surface area contributed by atoms with E-state index in [1.807, 2.05) is 13.8 Å². The third kappa shape index (κ3) is 6.09. The van der Waals surface area contributed by atoms with Gasteiger partial charge in [-0.05, 0) is 36.1 Å². The average Bonchev–Trinajstić information content (AvgIpc) is 3.55. The van der Waals surface area contributed by atoms with Crippen LogP contribution in [-0.4, -0.2) is 42.1 Å². The quantitative estimate of drug-likeness (QED) is 0.304. The molecule has 1 aliphatic heterocycles. The number of carbonyl (C=O) groups is 2. The highest BCUT2D eigenvalue weighted by Crippen LogP contribution is 2.52. The Bertz CT molecular complexity index is 1470. The van der Waals surface area contributed by atoms with E-state index in [9.17, 15) is 14.9 Å². The van der Waals surface area contributed by atoms with Crippen LogP contribution in [0.4, 0.5) is 8.78 Å². The Balaban J connectivity index is 1.89. The fourth-order valence-corrected chi connectivity index (χ4v) is 6.51. The molecule has 0 spiro atoms.